The van der Waals surface area contributed by atoms with Gasteiger partial charge in [-0.1, -0.05) is 6.07 Å². The second-order valence-corrected chi connectivity index (χ2v) is 7.20. The number of nitrogens with zero attached hydrogens (tertiary/aromatic N) is 2. The Bertz CT molecular complexity index is 845. The normalized spacial score (nSPS) is 14.7. The van der Waals surface area contributed by atoms with Crippen molar-refractivity contribution in [3.63, 3.8) is 0 Å². The fourth-order valence-electron chi connectivity index (χ4n) is 3.08. The molecule has 3 heterocycles. The topological polar surface area (TPSA) is 120 Å². The van der Waals surface area contributed by atoms with Crippen molar-refractivity contribution in [3.05, 3.63) is 45.9 Å². The van der Waals surface area contributed by atoms with Gasteiger partial charge in [-0.3, -0.25) is 14.4 Å². The number of carbonyl (C=O) groups is 3. The third-order valence-electron chi connectivity index (χ3n) is 4.49. The van der Waals surface area contributed by atoms with Gasteiger partial charge in [-0.05, 0) is 41.8 Å². The Morgan fingerprint density at radius 1 is 1.30 bits per heavy atom. The van der Waals surface area contributed by atoms with Crippen molar-refractivity contribution < 1.29 is 24.6 Å². The van der Waals surface area contributed by atoms with Crippen molar-refractivity contribution in [2.24, 2.45) is 0 Å². The van der Waals surface area contributed by atoms with Crippen LogP contribution < -0.4 is 5.32 Å². The number of nitrogens with one attached hydrogen (secondary N) is 1. The van der Waals surface area contributed by atoms with Crippen molar-refractivity contribution in [1.82, 2.24) is 15.2 Å². The highest BCUT2D eigenvalue weighted by Gasteiger charge is 2.26. The number of thiophene rings is 1. The number of rotatable bonds is 5. The molecule has 1 aliphatic heterocycles. The number of aliphatic carboxylic acids is 1. The summed E-state index contributed by atoms with van der Waals surface area (Å²) in [6.45, 7) is 0.685. The van der Waals surface area contributed by atoms with Gasteiger partial charge in [-0.25, -0.2) is 4.98 Å². The van der Waals surface area contributed by atoms with E-state index in [-0.39, 0.29) is 23.3 Å². The molecule has 0 radical (unpaired) electrons. The van der Waals surface area contributed by atoms with E-state index in [1.165, 1.54) is 23.6 Å². The Morgan fingerprint density at radius 2 is 2.04 bits per heavy atom. The molecule has 0 unspecified atom stereocenters. The highest BCUT2D eigenvalue weighted by Crippen LogP contribution is 2.31. The van der Waals surface area contributed by atoms with E-state index >= 15 is 0 Å². The molecule has 2 amide bonds. The number of aromatic hydroxyl groups is 1. The van der Waals surface area contributed by atoms with E-state index in [1.54, 1.807) is 0 Å². The number of carboxylic acid groups (broad SMARTS) is 1. The van der Waals surface area contributed by atoms with Gasteiger partial charge in [0.1, 0.15) is 12.3 Å². The van der Waals surface area contributed by atoms with Gasteiger partial charge in [0, 0.05) is 19.3 Å². The molecule has 0 spiro atoms. The SMILES string of the molecule is O=C(O)CNC(=O)c1ncc(C2CCN(C(=O)c3cccs3)CC2)cc1O. The zero-order chi connectivity index (χ0) is 19.4. The highest BCUT2D eigenvalue weighted by molar-refractivity contribution is 7.12. The number of piperidine rings is 1. The maximum Gasteiger partial charge on any atom is 0.322 e. The van der Waals surface area contributed by atoms with E-state index in [9.17, 15) is 19.5 Å². The first-order valence-electron chi connectivity index (χ1n) is 8.47. The Kier molecular flexibility index (Phi) is 5.70. The fraction of sp³-hybridized carbons (Fsp3) is 0.333. The Labute approximate surface area is 159 Å². The summed E-state index contributed by atoms with van der Waals surface area (Å²) in [5.74, 6) is -2.03. The predicted octanol–water partition coefficient (Wildman–Crippen LogP) is 1.68. The first-order chi connectivity index (χ1) is 13.0. The number of hydrogen-bond donors (Lipinski definition) is 3. The zero-order valence-corrected chi connectivity index (χ0v) is 15.2. The number of carbonyl (C=O) groups excluding carboxylic acids is 2. The van der Waals surface area contributed by atoms with Gasteiger partial charge < -0.3 is 20.4 Å². The molecule has 3 N–H and O–H groups in total. The first-order valence-corrected chi connectivity index (χ1v) is 9.35. The fourth-order valence-corrected chi connectivity index (χ4v) is 3.77. The van der Waals surface area contributed by atoms with Crippen LogP contribution in [0.15, 0.2) is 29.8 Å². The zero-order valence-electron chi connectivity index (χ0n) is 14.4. The smallest absolute Gasteiger partial charge is 0.322 e. The number of likely N-dealkylation sites (tertiary alicyclic amines) is 1. The minimum absolute atomic E-state index is 0.0369. The van der Waals surface area contributed by atoms with Crippen LogP contribution in [0, 0.1) is 0 Å². The maximum absolute atomic E-state index is 12.4. The second kappa shape index (κ2) is 8.17. The molecule has 0 bridgehead atoms. The van der Waals surface area contributed by atoms with Gasteiger partial charge in [-0.15, -0.1) is 11.3 Å². The number of hydrogen-bond acceptors (Lipinski definition) is 6. The lowest BCUT2D eigenvalue weighted by Gasteiger charge is -2.32. The van der Waals surface area contributed by atoms with Crippen LogP contribution in [0.2, 0.25) is 0 Å². The summed E-state index contributed by atoms with van der Waals surface area (Å²) in [4.78, 5) is 41.3. The van der Waals surface area contributed by atoms with Crippen LogP contribution in [0.4, 0.5) is 0 Å². The van der Waals surface area contributed by atoms with Crippen molar-refractivity contribution in [2.75, 3.05) is 19.6 Å². The van der Waals surface area contributed by atoms with Gasteiger partial charge in [0.15, 0.2) is 5.69 Å². The lowest BCUT2D eigenvalue weighted by Crippen LogP contribution is -2.37. The minimum atomic E-state index is -1.18. The van der Waals surface area contributed by atoms with Crippen molar-refractivity contribution >= 4 is 29.1 Å². The van der Waals surface area contributed by atoms with Crippen LogP contribution >= 0.6 is 11.3 Å². The van der Waals surface area contributed by atoms with Crippen LogP contribution in [0.25, 0.3) is 0 Å². The molecule has 2 aromatic heterocycles. The summed E-state index contributed by atoms with van der Waals surface area (Å²) in [6.07, 6.45) is 3.00. The molecule has 1 fully saturated rings. The molecule has 0 aliphatic carbocycles. The van der Waals surface area contributed by atoms with Gasteiger partial charge in [0.05, 0.1) is 4.88 Å². The van der Waals surface area contributed by atoms with Crippen molar-refractivity contribution in [2.45, 2.75) is 18.8 Å². The van der Waals surface area contributed by atoms with Crippen LogP contribution in [-0.2, 0) is 4.79 Å². The molecule has 27 heavy (non-hydrogen) atoms. The average molecular weight is 389 g/mol. The average Bonchev–Trinajstić information content (AvgIpc) is 3.20. The molecule has 8 nitrogen and oxygen atoms in total. The third-order valence-corrected chi connectivity index (χ3v) is 5.35. The number of aromatic nitrogens is 1. The van der Waals surface area contributed by atoms with Gasteiger partial charge in [0.2, 0.25) is 0 Å². The lowest BCUT2D eigenvalue weighted by molar-refractivity contribution is -0.135. The monoisotopic (exact) mass is 389 g/mol. The van der Waals surface area contributed by atoms with Crippen LogP contribution in [0.1, 0.15) is 44.5 Å². The van der Waals surface area contributed by atoms with Gasteiger partial charge >= 0.3 is 5.97 Å². The molecule has 0 atom stereocenters. The Hall–Kier alpha value is -2.94. The predicted molar refractivity (Wildman–Crippen MR) is 98.1 cm³/mol. The van der Waals surface area contributed by atoms with E-state index in [1.807, 2.05) is 22.4 Å². The van der Waals surface area contributed by atoms with E-state index in [2.05, 4.69) is 10.3 Å². The molecular formula is C18H19N3O5S. The van der Waals surface area contributed by atoms with E-state index < -0.39 is 18.4 Å². The van der Waals surface area contributed by atoms with E-state index in [4.69, 9.17) is 5.11 Å². The number of amides is 2. The van der Waals surface area contributed by atoms with Crippen LogP contribution in [-0.4, -0.2) is 57.5 Å². The van der Waals surface area contributed by atoms with Crippen LogP contribution in [0.5, 0.6) is 5.75 Å². The van der Waals surface area contributed by atoms with Gasteiger partial charge in [-0.2, -0.15) is 0 Å². The standard InChI is InChI=1S/C18H19N3O5S/c22-13-8-12(9-19-16(13)17(25)20-10-15(23)24)11-3-5-21(6-4-11)18(26)14-2-1-7-27-14/h1-2,7-9,11,22H,3-6,10H2,(H,20,25)(H,23,24). The van der Waals surface area contributed by atoms with Crippen molar-refractivity contribution in [3.8, 4) is 5.75 Å². The van der Waals surface area contributed by atoms with Crippen LogP contribution in [0.3, 0.4) is 0 Å². The summed E-state index contributed by atoms with van der Waals surface area (Å²) >= 11 is 1.42. The Morgan fingerprint density at radius 3 is 2.63 bits per heavy atom. The van der Waals surface area contributed by atoms with E-state index in [0.29, 0.717) is 13.1 Å². The highest BCUT2D eigenvalue weighted by atomic mass is 32.1. The second-order valence-electron chi connectivity index (χ2n) is 6.26. The number of pyridine rings is 1. The maximum atomic E-state index is 12.4. The summed E-state index contributed by atoms with van der Waals surface area (Å²) in [6, 6.07) is 5.16. The quantitative estimate of drug-likeness (QED) is 0.716. The Balaban J connectivity index is 1.61. The van der Waals surface area contributed by atoms with E-state index in [0.717, 1.165) is 23.3 Å². The molecule has 3 rings (SSSR count). The van der Waals surface area contributed by atoms with Gasteiger partial charge in [0.25, 0.3) is 11.8 Å². The number of carboxylic acids is 1. The molecule has 1 saturated heterocycles. The molecular weight excluding hydrogens is 370 g/mol. The molecule has 0 saturated carbocycles. The summed E-state index contributed by atoms with van der Waals surface area (Å²) < 4.78 is 0. The summed E-state index contributed by atoms with van der Waals surface area (Å²) in [5, 5.41) is 22.7. The first kappa shape index (κ1) is 18.8. The molecule has 142 valence electrons. The summed E-state index contributed by atoms with van der Waals surface area (Å²) in [5.41, 5.74) is 0.593. The third kappa shape index (κ3) is 4.43. The molecule has 0 aromatic carbocycles. The lowest BCUT2D eigenvalue weighted by atomic mass is 9.90. The minimum Gasteiger partial charge on any atom is -0.505 e. The summed E-state index contributed by atoms with van der Waals surface area (Å²) in [7, 11) is 0. The largest absolute Gasteiger partial charge is 0.505 e. The van der Waals surface area contributed by atoms with Crippen molar-refractivity contribution in [1.29, 1.82) is 0 Å². The molecule has 9 heteroatoms. The molecule has 2 aromatic rings. The molecule has 1 aliphatic rings.